The van der Waals surface area contributed by atoms with Crippen LogP contribution in [0.15, 0.2) is 64.9 Å². The van der Waals surface area contributed by atoms with Crippen LogP contribution in [0, 0.1) is 0 Å². The first-order chi connectivity index (χ1) is 12.7. The number of carbonyl (C=O) groups excluding carboxylic acids is 2. The lowest BCUT2D eigenvalue weighted by Gasteiger charge is -2.06. The number of nitrogens with one attached hydrogen (secondary N) is 2. The van der Waals surface area contributed by atoms with Gasteiger partial charge in [-0.2, -0.15) is 0 Å². The maximum absolute atomic E-state index is 12.0. The van der Waals surface area contributed by atoms with Crippen molar-refractivity contribution in [3.63, 3.8) is 0 Å². The van der Waals surface area contributed by atoms with Gasteiger partial charge in [-0.15, -0.1) is 11.3 Å². The number of hydrogen-bond donors (Lipinski definition) is 2. The van der Waals surface area contributed by atoms with Gasteiger partial charge in [0.25, 0.3) is 5.91 Å². The van der Waals surface area contributed by atoms with Crippen molar-refractivity contribution in [3.8, 4) is 11.3 Å². The zero-order valence-corrected chi connectivity index (χ0v) is 14.3. The lowest BCUT2D eigenvalue weighted by atomic mass is 10.1. The number of amides is 2. The van der Waals surface area contributed by atoms with Crippen molar-refractivity contribution in [1.29, 1.82) is 0 Å². The molecule has 3 heterocycles. The number of furan rings is 1. The number of nitrogens with zero attached hydrogens (tertiary/aromatic N) is 2. The minimum absolute atomic E-state index is 0.140. The van der Waals surface area contributed by atoms with Crippen LogP contribution in [0.2, 0.25) is 0 Å². The van der Waals surface area contributed by atoms with Crippen molar-refractivity contribution in [1.82, 2.24) is 14.7 Å². The van der Waals surface area contributed by atoms with E-state index >= 15 is 0 Å². The Morgan fingerprint density at radius 1 is 1.19 bits per heavy atom. The number of imidazole rings is 1. The van der Waals surface area contributed by atoms with E-state index in [2.05, 4.69) is 15.6 Å². The molecule has 0 unspecified atom stereocenters. The Balaban J connectivity index is 1.35. The number of benzene rings is 1. The fourth-order valence-corrected chi connectivity index (χ4v) is 3.15. The lowest BCUT2D eigenvalue weighted by molar-refractivity contribution is -0.115. The fraction of sp³-hybridized carbons (Fsp3) is 0.0556. The number of rotatable bonds is 5. The van der Waals surface area contributed by atoms with E-state index in [9.17, 15) is 9.59 Å². The van der Waals surface area contributed by atoms with E-state index in [1.54, 1.807) is 29.5 Å². The Kier molecular flexibility index (Phi) is 4.24. The van der Waals surface area contributed by atoms with Crippen LogP contribution in [0.1, 0.15) is 10.6 Å². The van der Waals surface area contributed by atoms with Crippen LogP contribution in [-0.4, -0.2) is 27.7 Å². The van der Waals surface area contributed by atoms with Gasteiger partial charge < -0.3 is 15.1 Å². The van der Waals surface area contributed by atoms with Crippen molar-refractivity contribution < 1.29 is 14.0 Å². The van der Waals surface area contributed by atoms with Crippen molar-refractivity contribution >= 4 is 33.8 Å². The summed E-state index contributed by atoms with van der Waals surface area (Å²) in [5, 5.41) is 7.21. The molecule has 0 fully saturated rings. The summed E-state index contributed by atoms with van der Waals surface area (Å²) in [6.45, 7) is -0.140. The molecular formula is C18H14N4O3S. The molecule has 130 valence electrons. The molecule has 0 radical (unpaired) electrons. The zero-order valence-electron chi connectivity index (χ0n) is 13.5. The summed E-state index contributed by atoms with van der Waals surface area (Å²) >= 11 is 1.57. The molecule has 7 nitrogen and oxygen atoms in total. The van der Waals surface area contributed by atoms with Crippen LogP contribution in [0.3, 0.4) is 0 Å². The van der Waals surface area contributed by atoms with E-state index in [0.717, 1.165) is 16.2 Å². The third-order valence-electron chi connectivity index (χ3n) is 3.71. The molecule has 0 saturated carbocycles. The Hall–Kier alpha value is -3.39. The molecule has 1 aromatic carbocycles. The van der Waals surface area contributed by atoms with Gasteiger partial charge in [-0.05, 0) is 24.3 Å². The van der Waals surface area contributed by atoms with Crippen molar-refractivity contribution in [2.75, 3.05) is 11.9 Å². The van der Waals surface area contributed by atoms with Gasteiger partial charge in [0.05, 0.1) is 18.5 Å². The predicted octanol–water partition coefficient (Wildman–Crippen LogP) is 3.02. The number of anilines is 1. The summed E-state index contributed by atoms with van der Waals surface area (Å²) in [7, 11) is 0. The van der Waals surface area contributed by atoms with Gasteiger partial charge in [0.1, 0.15) is 0 Å². The van der Waals surface area contributed by atoms with Gasteiger partial charge in [0, 0.05) is 29.0 Å². The highest BCUT2D eigenvalue weighted by Crippen LogP contribution is 2.23. The molecule has 0 aliphatic rings. The molecule has 26 heavy (non-hydrogen) atoms. The third-order valence-corrected chi connectivity index (χ3v) is 4.48. The molecule has 0 spiro atoms. The fourth-order valence-electron chi connectivity index (χ4n) is 2.45. The number of hydrogen-bond acceptors (Lipinski definition) is 5. The summed E-state index contributed by atoms with van der Waals surface area (Å²) in [6.07, 6.45) is 5.33. The van der Waals surface area contributed by atoms with E-state index in [0.29, 0.717) is 5.69 Å². The Labute approximate surface area is 152 Å². The number of thiazole rings is 1. The average molecular weight is 366 g/mol. The molecule has 2 N–H and O–H groups in total. The van der Waals surface area contributed by atoms with Gasteiger partial charge in [-0.3, -0.25) is 14.0 Å². The third kappa shape index (κ3) is 3.35. The van der Waals surface area contributed by atoms with Crippen LogP contribution < -0.4 is 10.6 Å². The molecule has 2 amide bonds. The Morgan fingerprint density at radius 3 is 2.77 bits per heavy atom. The Bertz CT molecular complexity index is 1020. The molecule has 3 aromatic heterocycles. The van der Waals surface area contributed by atoms with Crippen LogP contribution in [0.5, 0.6) is 0 Å². The van der Waals surface area contributed by atoms with Crippen LogP contribution in [0.4, 0.5) is 5.69 Å². The molecule has 0 aliphatic carbocycles. The van der Waals surface area contributed by atoms with Crippen molar-refractivity contribution in [3.05, 3.63) is 66.2 Å². The summed E-state index contributed by atoms with van der Waals surface area (Å²) in [4.78, 5) is 29.2. The summed E-state index contributed by atoms with van der Waals surface area (Å²) in [5.41, 5.74) is 2.48. The largest absolute Gasteiger partial charge is 0.459 e. The van der Waals surface area contributed by atoms with Crippen molar-refractivity contribution in [2.24, 2.45) is 0 Å². The molecular weight excluding hydrogens is 352 g/mol. The SMILES string of the molecule is O=C(CNC(=O)c1ccco1)Nc1ccc(-c2cn3ccsc3n2)cc1. The van der Waals surface area contributed by atoms with Gasteiger partial charge in [-0.25, -0.2) is 4.98 Å². The van der Waals surface area contributed by atoms with Gasteiger partial charge in [-0.1, -0.05) is 12.1 Å². The van der Waals surface area contributed by atoms with Crippen LogP contribution in [-0.2, 0) is 4.79 Å². The molecule has 0 bridgehead atoms. The quantitative estimate of drug-likeness (QED) is 0.568. The monoisotopic (exact) mass is 366 g/mol. The highest BCUT2D eigenvalue weighted by Gasteiger charge is 2.11. The van der Waals surface area contributed by atoms with Gasteiger partial charge in [0.2, 0.25) is 5.91 Å². The van der Waals surface area contributed by atoms with Crippen LogP contribution >= 0.6 is 11.3 Å². The van der Waals surface area contributed by atoms with E-state index in [4.69, 9.17) is 4.42 Å². The highest BCUT2D eigenvalue weighted by atomic mass is 32.1. The summed E-state index contributed by atoms with van der Waals surface area (Å²) in [5.74, 6) is -0.581. The maximum Gasteiger partial charge on any atom is 0.287 e. The molecule has 0 aliphatic heterocycles. The first-order valence-corrected chi connectivity index (χ1v) is 8.71. The standard InChI is InChI=1S/C18H14N4O3S/c23-16(10-19-17(24)15-2-1-8-25-15)20-13-5-3-12(4-6-13)14-11-22-7-9-26-18(22)21-14/h1-9,11H,10H2,(H,19,24)(H,20,23). The first kappa shape index (κ1) is 16.1. The second kappa shape index (κ2) is 6.85. The normalized spacial score (nSPS) is 10.8. The molecule has 4 aromatic rings. The maximum atomic E-state index is 12.0. The van der Waals surface area contributed by atoms with E-state index in [-0.39, 0.29) is 18.2 Å². The second-order valence-electron chi connectivity index (χ2n) is 5.50. The minimum Gasteiger partial charge on any atom is -0.459 e. The summed E-state index contributed by atoms with van der Waals surface area (Å²) < 4.78 is 6.94. The highest BCUT2D eigenvalue weighted by molar-refractivity contribution is 7.15. The first-order valence-electron chi connectivity index (χ1n) is 7.83. The topological polar surface area (TPSA) is 88.6 Å². The van der Waals surface area contributed by atoms with E-state index in [1.165, 1.54) is 12.3 Å². The molecule has 0 saturated heterocycles. The predicted molar refractivity (Wildman–Crippen MR) is 98.2 cm³/mol. The molecule has 8 heteroatoms. The second-order valence-corrected chi connectivity index (χ2v) is 6.38. The van der Waals surface area contributed by atoms with Crippen LogP contribution in [0.25, 0.3) is 16.2 Å². The van der Waals surface area contributed by atoms with Crippen molar-refractivity contribution in [2.45, 2.75) is 0 Å². The lowest BCUT2D eigenvalue weighted by Crippen LogP contribution is -2.32. The smallest absolute Gasteiger partial charge is 0.287 e. The number of carbonyl (C=O) groups is 2. The average Bonchev–Trinajstić information content (AvgIpc) is 3.37. The Morgan fingerprint density at radius 2 is 2.04 bits per heavy atom. The molecule has 0 atom stereocenters. The summed E-state index contributed by atoms with van der Waals surface area (Å²) in [6, 6.07) is 10.5. The zero-order chi connectivity index (χ0) is 17.9. The minimum atomic E-state index is -0.430. The molecule has 4 rings (SSSR count). The van der Waals surface area contributed by atoms with Gasteiger partial charge >= 0.3 is 0 Å². The van der Waals surface area contributed by atoms with E-state index < -0.39 is 5.91 Å². The number of aromatic nitrogens is 2. The van der Waals surface area contributed by atoms with Gasteiger partial charge in [0.15, 0.2) is 10.7 Å². The van der Waals surface area contributed by atoms with E-state index in [1.807, 2.05) is 34.3 Å². The number of fused-ring (bicyclic) bond motifs is 1.